The summed E-state index contributed by atoms with van der Waals surface area (Å²) < 4.78 is 9.93. The Balaban J connectivity index is 3.20. The molecular formula is C9H18O3. The number of rotatable bonds is 6. The van der Waals surface area contributed by atoms with E-state index in [-0.39, 0.29) is 18.7 Å². The van der Waals surface area contributed by atoms with E-state index in [0.717, 1.165) is 12.8 Å². The van der Waals surface area contributed by atoms with Gasteiger partial charge in [-0.3, -0.25) is 0 Å². The number of carbonyl (C=O) groups is 1. The van der Waals surface area contributed by atoms with E-state index in [1.165, 1.54) is 0 Å². The van der Waals surface area contributed by atoms with Gasteiger partial charge in [0.15, 0.2) is 0 Å². The summed E-state index contributed by atoms with van der Waals surface area (Å²) in [5.74, 6) is -0.277. The molecule has 0 atom stereocenters. The van der Waals surface area contributed by atoms with Crippen molar-refractivity contribution < 1.29 is 14.3 Å². The van der Waals surface area contributed by atoms with E-state index >= 15 is 0 Å². The summed E-state index contributed by atoms with van der Waals surface area (Å²) in [6, 6.07) is 0. The van der Waals surface area contributed by atoms with Crippen LogP contribution < -0.4 is 0 Å². The fourth-order valence-electron chi connectivity index (χ4n) is 0.699. The van der Waals surface area contributed by atoms with Gasteiger partial charge in [0.2, 0.25) is 0 Å². The van der Waals surface area contributed by atoms with Gasteiger partial charge in [0.25, 0.3) is 0 Å². The van der Waals surface area contributed by atoms with Crippen LogP contribution in [0.1, 0.15) is 33.6 Å². The lowest BCUT2D eigenvalue weighted by Gasteiger charge is -2.07. The van der Waals surface area contributed by atoms with Crippen molar-refractivity contribution in [2.24, 2.45) is 0 Å². The highest BCUT2D eigenvalue weighted by Gasteiger charge is 2.04. The van der Waals surface area contributed by atoms with Gasteiger partial charge in [-0.05, 0) is 20.3 Å². The molecule has 0 rings (SSSR count). The maximum absolute atomic E-state index is 10.9. The van der Waals surface area contributed by atoms with Gasteiger partial charge in [0, 0.05) is 6.61 Å². The predicted octanol–water partition coefficient (Wildman–Crippen LogP) is 1.75. The van der Waals surface area contributed by atoms with E-state index < -0.39 is 0 Å². The molecule has 3 nitrogen and oxygen atoms in total. The lowest BCUT2D eigenvalue weighted by molar-refractivity contribution is -0.152. The van der Waals surface area contributed by atoms with Crippen LogP contribution in [0.2, 0.25) is 0 Å². The zero-order valence-corrected chi connectivity index (χ0v) is 8.13. The Labute approximate surface area is 74.0 Å². The SMILES string of the molecule is CCCCOCC(=O)OC(C)C. The normalized spacial score (nSPS) is 10.3. The molecule has 0 amide bonds. The molecule has 0 aromatic heterocycles. The zero-order chi connectivity index (χ0) is 9.40. The Morgan fingerprint density at radius 2 is 2.08 bits per heavy atom. The minimum atomic E-state index is -0.277. The highest BCUT2D eigenvalue weighted by atomic mass is 16.6. The maximum Gasteiger partial charge on any atom is 0.332 e. The fraction of sp³-hybridized carbons (Fsp3) is 0.889. The number of esters is 1. The molecule has 72 valence electrons. The fourth-order valence-corrected chi connectivity index (χ4v) is 0.699. The number of carbonyl (C=O) groups excluding carboxylic acids is 1. The number of hydrogen-bond donors (Lipinski definition) is 0. The van der Waals surface area contributed by atoms with Crippen LogP contribution in [-0.4, -0.2) is 25.3 Å². The van der Waals surface area contributed by atoms with Crippen LogP contribution in [0.25, 0.3) is 0 Å². The average molecular weight is 174 g/mol. The molecule has 0 spiro atoms. The minimum Gasteiger partial charge on any atom is -0.461 e. The third-order valence-corrected chi connectivity index (χ3v) is 1.23. The molecule has 0 aromatic carbocycles. The first-order valence-electron chi connectivity index (χ1n) is 4.44. The Hall–Kier alpha value is -0.570. The van der Waals surface area contributed by atoms with E-state index in [4.69, 9.17) is 9.47 Å². The molecule has 0 bridgehead atoms. The molecule has 0 aliphatic heterocycles. The number of unbranched alkanes of at least 4 members (excludes halogenated alkanes) is 1. The lowest BCUT2D eigenvalue weighted by atomic mass is 10.4. The quantitative estimate of drug-likeness (QED) is 0.454. The van der Waals surface area contributed by atoms with Gasteiger partial charge in [-0.2, -0.15) is 0 Å². The molecule has 0 unspecified atom stereocenters. The molecule has 0 fully saturated rings. The van der Waals surface area contributed by atoms with Crippen LogP contribution in [-0.2, 0) is 14.3 Å². The topological polar surface area (TPSA) is 35.5 Å². The Morgan fingerprint density at radius 3 is 2.58 bits per heavy atom. The van der Waals surface area contributed by atoms with Crippen LogP contribution in [0, 0.1) is 0 Å². The van der Waals surface area contributed by atoms with Crippen molar-refractivity contribution in [2.75, 3.05) is 13.2 Å². The molecule has 0 saturated heterocycles. The summed E-state index contributed by atoms with van der Waals surface area (Å²) in [7, 11) is 0. The lowest BCUT2D eigenvalue weighted by Crippen LogP contribution is -2.17. The number of hydrogen-bond acceptors (Lipinski definition) is 3. The Bertz CT molecular complexity index is 121. The molecule has 3 heteroatoms. The van der Waals surface area contributed by atoms with Gasteiger partial charge in [-0.1, -0.05) is 13.3 Å². The maximum atomic E-state index is 10.9. The van der Waals surface area contributed by atoms with E-state index in [2.05, 4.69) is 6.92 Å². The van der Waals surface area contributed by atoms with Gasteiger partial charge < -0.3 is 9.47 Å². The molecule has 0 heterocycles. The van der Waals surface area contributed by atoms with Crippen LogP contribution in [0.3, 0.4) is 0 Å². The van der Waals surface area contributed by atoms with Crippen LogP contribution in [0.5, 0.6) is 0 Å². The van der Waals surface area contributed by atoms with Gasteiger partial charge in [-0.25, -0.2) is 4.79 Å². The summed E-state index contributed by atoms with van der Waals surface area (Å²) in [5.41, 5.74) is 0. The van der Waals surface area contributed by atoms with Crippen LogP contribution in [0.15, 0.2) is 0 Å². The molecule has 0 aliphatic carbocycles. The molecule has 0 aromatic rings. The second-order valence-electron chi connectivity index (χ2n) is 2.94. The van der Waals surface area contributed by atoms with Crippen LogP contribution >= 0.6 is 0 Å². The molecule has 0 N–H and O–H groups in total. The van der Waals surface area contributed by atoms with Gasteiger partial charge in [-0.15, -0.1) is 0 Å². The second-order valence-corrected chi connectivity index (χ2v) is 2.94. The van der Waals surface area contributed by atoms with E-state index in [1.54, 1.807) is 0 Å². The monoisotopic (exact) mass is 174 g/mol. The third kappa shape index (κ3) is 7.54. The molecule has 0 radical (unpaired) electrons. The first-order valence-corrected chi connectivity index (χ1v) is 4.44. The van der Waals surface area contributed by atoms with E-state index in [9.17, 15) is 4.79 Å². The van der Waals surface area contributed by atoms with Crippen molar-refractivity contribution in [2.45, 2.75) is 39.7 Å². The summed E-state index contributed by atoms with van der Waals surface area (Å²) in [6.45, 7) is 6.45. The second kappa shape index (κ2) is 7.10. The van der Waals surface area contributed by atoms with Crippen LogP contribution in [0.4, 0.5) is 0 Å². The number of ether oxygens (including phenoxy) is 2. The average Bonchev–Trinajstić information content (AvgIpc) is 1.97. The standard InChI is InChI=1S/C9H18O3/c1-4-5-6-11-7-9(10)12-8(2)3/h8H,4-7H2,1-3H3. The van der Waals surface area contributed by atoms with Crippen molar-refractivity contribution in [3.8, 4) is 0 Å². The molecule has 0 saturated carbocycles. The molecule has 0 aliphatic rings. The third-order valence-electron chi connectivity index (χ3n) is 1.23. The van der Waals surface area contributed by atoms with Gasteiger partial charge in [0.1, 0.15) is 6.61 Å². The van der Waals surface area contributed by atoms with Gasteiger partial charge >= 0.3 is 5.97 Å². The smallest absolute Gasteiger partial charge is 0.332 e. The predicted molar refractivity (Wildman–Crippen MR) is 47.0 cm³/mol. The van der Waals surface area contributed by atoms with E-state index in [0.29, 0.717) is 6.61 Å². The highest BCUT2D eigenvalue weighted by molar-refractivity contribution is 5.70. The first-order chi connectivity index (χ1) is 5.66. The summed E-state index contributed by atoms with van der Waals surface area (Å²) in [6.07, 6.45) is 2.03. The summed E-state index contributed by atoms with van der Waals surface area (Å²) in [4.78, 5) is 10.9. The van der Waals surface area contributed by atoms with Crippen molar-refractivity contribution >= 4 is 5.97 Å². The van der Waals surface area contributed by atoms with Crippen molar-refractivity contribution in [3.05, 3.63) is 0 Å². The van der Waals surface area contributed by atoms with Gasteiger partial charge in [0.05, 0.1) is 6.10 Å². The van der Waals surface area contributed by atoms with Crippen molar-refractivity contribution in [3.63, 3.8) is 0 Å². The largest absolute Gasteiger partial charge is 0.461 e. The van der Waals surface area contributed by atoms with Crippen molar-refractivity contribution in [1.29, 1.82) is 0 Å². The first kappa shape index (κ1) is 11.4. The van der Waals surface area contributed by atoms with Crippen molar-refractivity contribution in [1.82, 2.24) is 0 Å². The zero-order valence-electron chi connectivity index (χ0n) is 8.13. The highest BCUT2D eigenvalue weighted by Crippen LogP contribution is 1.92. The Morgan fingerprint density at radius 1 is 1.42 bits per heavy atom. The Kier molecular flexibility index (Phi) is 6.76. The van der Waals surface area contributed by atoms with E-state index in [1.807, 2.05) is 13.8 Å². The summed E-state index contributed by atoms with van der Waals surface area (Å²) >= 11 is 0. The summed E-state index contributed by atoms with van der Waals surface area (Å²) in [5, 5.41) is 0. The molecule has 12 heavy (non-hydrogen) atoms. The minimum absolute atomic E-state index is 0.0488. The molecular weight excluding hydrogens is 156 g/mol.